The van der Waals surface area contributed by atoms with Crippen LogP contribution in [-0.4, -0.2) is 38.7 Å². The number of anilines is 2. The van der Waals surface area contributed by atoms with Gasteiger partial charge in [0.05, 0.1) is 18.2 Å². The second-order valence-corrected chi connectivity index (χ2v) is 8.98. The van der Waals surface area contributed by atoms with Crippen molar-refractivity contribution in [2.45, 2.75) is 34.1 Å². The first kappa shape index (κ1) is 23.4. The molecule has 1 aliphatic rings. The Hall–Kier alpha value is -3.22. The zero-order valence-corrected chi connectivity index (χ0v) is 19.4. The summed E-state index contributed by atoms with van der Waals surface area (Å²) < 4.78 is 16.8. The van der Waals surface area contributed by atoms with Crippen LogP contribution in [0.2, 0.25) is 0 Å². The second kappa shape index (κ2) is 9.94. The molecule has 0 unspecified atom stereocenters. The monoisotopic (exact) mass is 440 g/mol. The second-order valence-electron chi connectivity index (χ2n) is 8.98. The number of nitrogens with zero attached hydrogens (tertiary/aromatic N) is 1. The summed E-state index contributed by atoms with van der Waals surface area (Å²) in [6, 6.07) is 12.5. The van der Waals surface area contributed by atoms with E-state index in [1.54, 1.807) is 36.3 Å². The molecule has 1 heterocycles. The molecule has 32 heavy (non-hydrogen) atoms. The molecule has 2 aromatic carbocycles. The molecule has 7 nitrogen and oxygen atoms in total. The fraction of sp³-hybridized carbons (Fsp3) is 0.440. The number of amides is 2. The number of hydrogen-bond acceptors (Lipinski definition) is 5. The quantitative estimate of drug-likeness (QED) is 0.654. The number of carbonyl (C=O) groups excluding carboxylic acids is 2. The Labute approximate surface area is 189 Å². The molecule has 3 rings (SSSR count). The van der Waals surface area contributed by atoms with Crippen LogP contribution in [0.3, 0.4) is 0 Å². The smallest absolute Gasteiger partial charge is 0.262 e. The highest BCUT2D eigenvalue weighted by Gasteiger charge is 2.37. The van der Waals surface area contributed by atoms with E-state index in [-0.39, 0.29) is 25.0 Å². The zero-order valence-electron chi connectivity index (χ0n) is 19.4. The van der Waals surface area contributed by atoms with Crippen molar-refractivity contribution in [3.63, 3.8) is 0 Å². The average Bonchev–Trinajstić information content (AvgIpc) is 2.85. The molecule has 7 heteroatoms. The number of fused-ring (bicyclic) bond motifs is 1. The molecule has 172 valence electrons. The number of nitrogens with one attached hydrogen (secondary N) is 1. The van der Waals surface area contributed by atoms with Crippen molar-refractivity contribution >= 4 is 23.2 Å². The summed E-state index contributed by atoms with van der Waals surface area (Å²) in [6.07, 6.45) is 0.889. The summed E-state index contributed by atoms with van der Waals surface area (Å²) >= 11 is 0. The van der Waals surface area contributed by atoms with E-state index in [2.05, 4.69) is 19.2 Å². The topological polar surface area (TPSA) is 77.1 Å². The Morgan fingerprint density at radius 2 is 1.91 bits per heavy atom. The number of rotatable bonds is 8. The van der Waals surface area contributed by atoms with Crippen molar-refractivity contribution in [1.29, 1.82) is 0 Å². The van der Waals surface area contributed by atoms with E-state index >= 15 is 0 Å². The number of para-hydroxylation sites is 2. The van der Waals surface area contributed by atoms with Gasteiger partial charge in [0, 0.05) is 18.3 Å². The summed E-state index contributed by atoms with van der Waals surface area (Å²) in [4.78, 5) is 27.4. The van der Waals surface area contributed by atoms with E-state index in [0.717, 1.165) is 12.1 Å². The van der Waals surface area contributed by atoms with Crippen molar-refractivity contribution in [3.8, 4) is 17.2 Å². The molecule has 0 saturated heterocycles. The minimum Gasteiger partial charge on any atom is -0.493 e. The Balaban J connectivity index is 1.73. The summed E-state index contributed by atoms with van der Waals surface area (Å²) in [5.74, 6) is 1.84. The lowest BCUT2D eigenvalue weighted by molar-refractivity contribution is -0.127. The summed E-state index contributed by atoms with van der Waals surface area (Å²) in [7, 11) is 1.55. The average molecular weight is 441 g/mol. The molecule has 0 radical (unpaired) electrons. The van der Waals surface area contributed by atoms with Gasteiger partial charge in [0.15, 0.2) is 18.1 Å². The summed E-state index contributed by atoms with van der Waals surface area (Å²) in [5, 5.41) is 2.83. The number of benzene rings is 2. The molecule has 0 atom stereocenters. The van der Waals surface area contributed by atoms with Gasteiger partial charge in [-0.3, -0.25) is 9.59 Å². The molecule has 1 aliphatic heterocycles. The van der Waals surface area contributed by atoms with Gasteiger partial charge >= 0.3 is 0 Å². The fourth-order valence-corrected chi connectivity index (χ4v) is 3.41. The molecule has 1 N–H and O–H groups in total. The molecule has 0 fully saturated rings. The maximum Gasteiger partial charge on any atom is 0.262 e. The van der Waals surface area contributed by atoms with Gasteiger partial charge in [0.1, 0.15) is 12.4 Å². The summed E-state index contributed by atoms with van der Waals surface area (Å²) in [6.45, 7) is 8.78. The van der Waals surface area contributed by atoms with Crippen molar-refractivity contribution in [1.82, 2.24) is 0 Å². The molecule has 0 aromatic heterocycles. The van der Waals surface area contributed by atoms with Crippen molar-refractivity contribution < 1.29 is 23.8 Å². The van der Waals surface area contributed by atoms with Gasteiger partial charge in [-0.05, 0) is 50.5 Å². The van der Waals surface area contributed by atoms with Gasteiger partial charge in [0.2, 0.25) is 5.91 Å². The van der Waals surface area contributed by atoms with E-state index in [1.807, 2.05) is 32.0 Å². The highest BCUT2D eigenvalue weighted by molar-refractivity contribution is 6.00. The van der Waals surface area contributed by atoms with Crippen LogP contribution in [0.4, 0.5) is 11.4 Å². The lowest BCUT2D eigenvalue weighted by atomic mass is 9.92. The Morgan fingerprint density at radius 1 is 1.19 bits per heavy atom. The molecule has 0 saturated carbocycles. The first-order valence-electron chi connectivity index (χ1n) is 10.9. The third-order valence-electron chi connectivity index (χ3n) is 5.30. The first-order chi connectivity index (χ1) is 15.2. The Kier molecular flexibility index (Phi) is 7.28. The van der Waals surface area contributed by atoms with E-state index < -0.39 is 5.41 Å². The van der Waals surface area contributed by atoms with Crippen molar-refractivity contribution in [3.05, 3.63) is 42.5 Å². The van der Waals surface area contributed by atoms with Crippen LogP contribution in [-0.2, 0) is 9.59 Å². The Bertz CT molecular complexity index is 971. The van der Waals surface area contributed by atoms with E-state index in [1.165, 1.54) is 0 Å². The number of ether oxygens (including phenoxy) is 3. The van der Waals surface area contributed by atoms with Crippen LogP contribution in [0.15, 0.2) is 42.5 Å². The van der Waals surface area contributed by atoms with Crippen LogP contribution in [0.1, 0.15) is 34.1 Å². The van der Waals surface area contributed by atoms with Gasteiger partial charge in [-0.15, -0.1) is 0 Å². The maximum atomic E-state index is 13.1. The van der Waals surface area contributed by atoms with Crippen LogP contribution in [0, 0.1) is 11.3 Å². The van der Waals surface area contributed by atoms with E-state index in [0.29, 0.717) is 35.4 Å². The number of methoxy groups -OCH3 is 1. The minimum atomic E-state index is -0.637. The zero-order chi connectivity index (χ0) is 23.3. The van der Waals surface area contributed by atoms with Gasteiger partial charge in [-0.2, -0.15) is 0 Å². The van der Waals surface area contributed by atoms with E-state index in [4.69, 9.17) is 14.2 Å². The largest absolute Gasteiger partial charge is 0.493 e. The van der Waals surface area contributed by atoms with Crippen LogP contribution < -0.4 is 24.4 Å². The Morgan fingerprint density at radius 3 is 2.59 bits per heavy atom. The normalized spacial score (nSPS) is 14.9. The van der Waals surface area contributed by atoms with Gasteiger partial charge in [0.25, 0.3) is 5.91 Å². The molecular formula is C25H32N2O5. The van der Waals surface area contributed by atoms with Crippen LogP contribution >= 0.6 is 0 Å². The summed E-state index contributed by atoms with van der Waals surface area (Å²) in [5.41, 5.74) is 0.667. The molecule has 2 amide bonds. The first-order valence-corrected chi connectivity index (χ1v) is 10.9. The lowest BCUT2D eigenvalue weighted by Gasteiger charge is -2.28. The van der Waals surface area contributed by atoms with Gasteiger partial charge < -0.3 is 24.4 Å². The minimum absolute atomic E-state index is 0.0406. The molecule has 0 bridgehead atoms. The lowest BCUT2D eigenvalue weighted by Crippen LogP contribution is -2.42. The fourth-order valence-electron chi connectivity index (χ4n) is 3.41. The third kappa shape index (κ3) is 5.52. The highest BCUT2D eigenvalue weighted by atomic mass is 16.5. The molecule has 0 aliphatic carbocycles. The predicted octanol–water partition coefficient (Wildman–Crippen LogP) is 4.51. The van der Waals surface area contributed by atoms with Crippen molar-refractivity contribution in [2.24, 2.45) is 11.3 Å². The van der Waals surface area contributed by atoms with Gasteiger partial charge in [-0.25, -0.2) is 0 Å². The van der Waals surface area contributed by atoms with Gasteiger partial charge in [-0.1, -0.05) is 26.0 Å². The van der Waals surface area contributed by atoms with Crippen molar-refractivity contribution in [2.75, 3.05) is 37.1 Å². The molecule has 0 spiro atoms. The van der Waals surface area contributed by atoms with Crippen LogP contribution in [0.5, 0.6) is 17.2 Å². The standard InChI is InChI=1S/C25H32N2O5/c1-17(2)12-13-27-19-11-10-18(14-22(19)32-16-25(3,4)24(27)29)26-23(28)15-31-21-9-7-6-8-20(21)30-5/h6-11,14,17H,12-13,15-16H2,1-5H3,(H,26,28). The van der Waals surface area contributed by atoms with Crippen LogP contribution in [0.25, 0.3) is 0 Å². The molecule has 2 aromatic rings. The SMILES string of the molecule is COc1ccccc1OCC(=O)Nc1ccc2c(c1)OCC(C)(C)C(=O)N2CCC(C)C. The third-order valence-corrected chi connectivity index (χ3v) is 5.30. The van der Waals surface area contributed by atoms with E-state index in [9.17, 15) is 9.59 Å². The maximum absolute atomic E-state index is 13.1. The number of carbonyl (C=O) groups is 2. The molecular weight excluding hydrogens is 408 g/mol. The predicted molar refractivity (Wildman–Crippen MR) is 125 cm³/mol. The highest BCUT2D eigenvalue weighted by Crippen LogP contribution is 2.38. The number of hydrogen-bond donors (Lipinski definition) is 1.